The van der Waals surface area contributed by atoms with E-state index in [2.05, 4.69) is 5.32 Å². The average Bonchev–Trinajstić information content (AvgIpc) is 2.50. The quantitative estimate of drug-likeness (QED) is 0.451. The smallest absolute Gasteiger partial charge is 0.332 e. The Kier molecular flexibility index (Phi) is 6.84. The minimum atomic E-state index is -1.41. The standard InChI is InChI=1S/C15H18N2O7/c1-4-23-15(20)13(16-9(2)18)14(24-10(3)19)11-7-5-6-8-12(11)17(21)22/h5-8,13-14H,4H2,1-3H3,(H,16,18). The van der Waals surface area contributed by atoms with E-state index in [-0.39, 0.29) is 17.9 Å². The van der Waals surface area contributed by atoms with Crippen molar-refractivity contribution in [1.82, 2.24) is 5.32 Å². The van der Waals surface area contributed by atoms with Crippen molar-refractivity contribution >= 4 is 23.5 Å². The third-order valence-corrected chi connectivity index (χ3v) is 2.93. The summed E-state index contributed by atoms with van der Waals surface area (Å²) in [5, 5.41) is 13.5. The predicted octanol–water partition coefficient (Wildman–Crippen LogP) is 1.27. The molecule has 0 heterocycles. The van der Waals surface area contributed by atoms with E-state index in [0.717, 1.165) is 13.8 Å². The summed E-state index contributed by atoms with van der Waals surface area (Å²) >= 11 is 0. The Morgan fingerprint density at radius 2 is 1.88 bits per heavy atom. The number of esters is 2. The Hall–Kier alpha value is -2.97. The summed E-state index contributed by atoms with van der Waals surface area (Å²) in [4.78, 5) is 45.5. The highest BCUT2D eigenvalue weighted by Gasteiger charge is 2.37. The number of nitro groups is 1. The summed E-state index contributed by atoms with van der Waals surface area (Å²) in [6, 6.07) is 4.08. The van der Waals surface area contributed by atoms with Gasteiger partial charge < -0.3 is 14.8 Å². The minimum absolute atomic E-state index is 0.0236. The van der Waals surface area contributed by atoms with Crippen molar-refractivity contribution in [3.8, 4) is 0 Å². The molecule has 130 valence electrons. The molecule has 0 fully saturated rings. The van der Waals surface area contributed by atoms with Gasteiger partial charge >= 0.3 is 11.9 Å². The van der Waals surface area contributed by atoms with Crippen LogP contribution in [0.25, 0.3) is 0 Å². The van der Waals surface area contributed by atoms with Gasteiger partial charge in [0.05, 0.1) is 17.1 Å². The fraction of sp³-hybridized carbons (Fsp3) is 0.400. The molecule has 9 heteroatoms. The highest BCUT2D eigenvalue weighted by molar-refractivity contribution is 5.84. The molecule has 0 spiro atoms. The van der Waals surface area contributed by atoms with E-state index in [9.17, 15) is 24.5 Å². The van der Waals surface area contributed by atoms with E-state index in [0.29, 0.717) is 0 Å². The van der Waals surface area contributed by atoms with Gasteiger partial charge in [-0.2, -0.15) is 0 Å². The van der Waals surface area contributed by atoms with Crippen LogP contribution < -0.4 is 5.32 Å². The van der Waals surface area contributed by atoms with Crippen molar-refractivity contribution in [2.24, 2.45) is 0 Å². The zero-order valence-corrected chi connectivity index (χ0v) is 13.5. The van der Waals surface area contributed by atoms with Crippen molar-refractivity contribution in [2.75, 3.05) is 6.61 Å². The first-order valence-electron chi connectivity index (χ1n) is 7.12. The molecule has 0 aliphatic heterocycles. The van der Waals surface area contributed by atoms with E-state index in [1.165, 1.54) is 24.3 Å². The van der Waals surface area contributed by atoms with Gasteiger partial charge in [0.1, 0.15) is 0 Å². The molecule has 2 atom stereocenters. The third kappa shape index (κ3) is 5.04. The van der Waals surface area contributed by atoms with Gasteiger partial charge in [-0.3, -0.25) is 19.7 Å². The Balaban J connectivity index is 3.41. The summed E-state index contributed by atoms with van der Waals surface area (Å²) in [5.41, 5.74) is -0.368. The number of nitrogens with one attached hydrogen (secondary N) is 1. The topological polar surface area (TPSA) is 125 Å². The van der Waals surface area contributed by atoms with Gasteiger partial charge in [-0.1, -0.05) is 12.1 Å². The Bertz CT molecular complexity index is 644. The molecule has 0 aliphatic carbocycles. The first-order chi connectivity index (χ1) is 11.3. The molecule has 0 bridgehead atoms. The maximum absolute atomic E-state index is 12.2. The maximum Gasteiger partial charge on any atom is 0.332 e. The lowest BCUT2D eigenvalue weighted by atomic mass is 10.00. The molecule has 1 N–H and O–H groups in total. The van der Waals surface area contributed by atoms with Gasteiger partial charge in [-0.25, -0.2) is 4.79 Å². The second kappa shape index (κ2) is 8.61. The molecular weight excluding hydrogens is 320 g/mol. The van der Waals surface area contributed by atoms with Crippen LogP contribution in [-0.4, -0.2) is 35.4 Å². The second-order valence-electron chi connectivity index (χ2n) is 4.78. The molecule has 0 aliphatic rings. The Morgan fingerprint density at radius 3 is 2.38 bits per heavy atom. The number of ether oxygens (including phenoxy) is 2. The molecule has 0 radical (unpaired) electrons. The van der Waals surface area contributed by atoms with Crippen LogP contribution in [0.2, 0.25) is 0 Å². The number of carbonyl (C=O) groups excluding carboxylic acids is 3. The summed E-state index contributed by atoms with van der Waals surface area (Å²) in [5.74, 6) is -2.21. The SMILES string of the molecule is CCOC(=O)C(NC(C)=O)C(OC(C)=O)c1ccccc1[N+](=O)[O-]. The lowest BCUT2D eigenvalue weighted by Crippen LogP contribution is -2.46. The molecule has 24 heavy (non-hydrogen) atoms. The van der Waals surface area contributed by atoms with Crippen LogP contribution in [0.3, 0.4) is 0 Å². The number of rotatable bonds is 7. The Morgan fingerprint density at radius 1 is 1.25 bits per heavy atom. The van der Waals surface area contributed by atoms with E-state index >= 15 is 0 Å². The van der Waals surface area contributed by atoms with Gasteiger partial charge in [0.15, 0.2) is 12.1 Å². The van der Waals surface area contributed by atoms with Crippen molar-refractivity contribution in [1.29, 1.82) is 0 Å². The van der Waals surface area contributed by atoms with E-state index in [1.807, 2.05) is 0 Å². The molecule has 9 nitrogen and oxygen atoms in total. The van der Waals surface area contributed by atoms with Crippen molar-refractivity contribution in [3.05, 3.63) is 39.9 Å². The zero-order valence-electron chi connectivity index (χ0n) is 13.5. The number of benzene rings is 1. The third-order valence-electron chi connectivity index (χ3n) is 2.93. The van der Waals surface area contributed by atoms with Gasteiger partial charge in [0.2, 0.25) is 5.91 Å². The number of hydrogen-bond donors (Lipinski definition) is 1. The van der Waals surface area contributed by atoms with Crippen LogP contribution in [0.15, 0.2) is 24.3 Å². The molecule has 0 aromatic heterocycles. The first-order valence-corrected chi connectivity index (χ1v) is 7.12. The highest BCUT2D eigenvalue weighted by atomic mass is 16.6. The van der Waals surface area contributed by atoms with Crippen molar-refractivity contribution < 1.29 is 28.8 Å². The largest absolute Gasteiger partial charge is 0.464 e. The van der Waals surface area contributed by atoms with E-state index < -0.39 is 34.9 Å². The van der Waals surface area contributed by atoms with Crippen LogP contribution in [-0.2, 0) is 23.9 Å². The van der Waals surface area contributed by atoms with E-state index in [4.69, 9.17) is 9.47 Å². The monoisotopic (exact) mass is 338 g/mol. The number of carbonyl (C=O) groups is 3. The van der Waals surface area contributed by atoms with Gasteiger partial charge in [-0.05, 0) is 13.0 Å². The lowest BCUT2D eigenvalue weighted by Gasteiger charge is -2.25. The zero-order chi connectivity index (χ0) is 18.3. The fourth-order valence-corrected chi connectivity index (χ4v) is 2.09. The summed E-state index contributed by atoms with van der Waals surface area (Å²) in [6.45, 7) is 3.85. The van der Waals surface area contributed by atoms with E-state index in [1.54, 1.807) is 6.92 Å². The molecule has 1 amide bonds. The van der Waals surface area contributed by atoms with Crippen molar-refractivity contribution in [3.63, 3.8) is 0 Å². The van der Waals surface area contributed by atoms with Crippen LogP contribution in [0.4, 0.5) is 5.69 Å². The maximum atomic E-state index is 12.2. The van der Waals surface area contributed by atoms with Crippen molar-refractivity contribution in [2.45, 2.75) is 32.9 Å². The molecule has 1 aromatic carbocycles. The van der Waals surface area contributed by atoms with Crippen LogP contribution in [0, 0.1) is 10.1 Å². The fourth-order valence-electron chi connectivity index (χ4n) is 2.09. The van der Waals surface area contributed by atoms with Crippen LogP contribution in [0.1, 0.15) is 32.4 Å². The van der Waals surface area contributed by atoms with Gasteiger partial charge in [-0.15, -0.1) is 0 Å². The second-order valence-corrected chi connectivity index (χ2v) is 4.78. The highest BCUT2D eigenvalue weighted by Crippen LogP contribution is 2.30. The number of hydrogen-bond acceptors (Lipinski definition) is 7. The Labute approximate surface area is 138 Å². The van der Waals surface area contributed by atoms with Gasteiger partial charge in [0, 0.05) is 19.9 Å². The predicted molar refractivity (Wildman–Crippen MR) is 81.8 cm³/mol. The molecule has 1 rings (SSSR count). The minimum Gasteiger partial charge on any atom is -0.464 e. The molecule has 2 unspecified atom stereocenters. The number of amides is 1. The van der Waals surface area contributed by atoms with Crippen LogP contribution in [0.5, 0.6) is 0 Å². The molecule has 1 aromatic rings. The normalized spacial score (nSPS) is 12.6. The molecular formula is C15H18N2O7. The number of nitrogens with zero attached hydrogens (tertiary/aromatic N) is 1. The summed E-state index contributed by atoms with van der Waals surface area (Å²) in [7, 11) is 0. The number of para-hydroxylation sites is 1. The lowest BCUT2D eigenvalue weighted by molar-refractivity contribution is -0.386. The summed E-state index contributed by atoms with van der Waals surface area (Å²) in [6.07, 6.45) is -1.40. The summed E-state index contributed by atoms with van der Waals surface area (Å²) < 4.78 is 9.97. The average molecular weight is 338 g/mol. The van der Waals surface area contributed by atoms with Gasteiger partial charge in [0.25, 0.3) is 5.69 Å². The van der Waals surface area contributed by atoms with Crippen LogP contribution >= 0.6 is 0 Å². The molecule has 0 saturated heterocycles. The number of nitro benzene ring substituents is 1. The molecule has 0 saturated carbocycles. The first kappa shape index (κ1) is 19.1.